The maximum absolute atomic E-state index is 14.6. The lowest BCUT2D eigenvalue weighted by atomic mass is 9.92. The van der Waals surface area contributed by atoms with Gasteiger partial charge in [-0.3, -0.25) is 9.59 Å². The number of hydrogen-bond acceptors (Lipinski definition) is 3. The molecule has 5 nitrogen and oxygen atoms in total. The van der Waals surface area contributed by atoms with Crippen LogP contribution in [0.25, 0.3) is 0 Å². The van der Waals surface area contributed by atoms with E-state index in [0.717, 1.165) is 41.8 Å². The number of nitrogens with one attached hydrogen (secondary N) is 1. The fourth-order valence-corrected chi connectivity index (χ4v) is 5.99. The molecule has 2 unspecified atom stereocenters. The number of piperidine rings is 1. The summed E-state index contributed by atoms with van der Waals surface area (Å²) in [6.07, 6.45) is 4.52. The van der Waals surface area contributed by atoms with E-state index in [4.69, 9.17) is 5.73 Å². The van der Waals surface area contributed by atoms with Crippen LogP contribution in [-0.4, -0.2) is 40.9 Å². The molecular weight excluding hydrogens is 504 g/mol. The first-order chi connectivity index (χ1) is 16.3. The van der Waals surface area contributed by atoms with Crippen LogP contribution < -0.4 is 11.1 Å². The lowest BCUT2D eigenvalue weighted by Gasteiger charge is -2.40. The highest BCUT2D eigenvalue weighted by Gasteiger charge is 2.54. The van der Waals surface area contributed by atoms with Gasteiger partial charge in [0.25, 0.3) is 0 Å². The highest BCUT2D eigenvalue weighted by atomic mass is 79.9. The van der Waals surface area contributed by atoms with E-state index in [1.165, 1.54) is 12.1 Å². The van der Waals surface area contributed by atoms with Gasteiger partial charge in [-0.05, 0) is 62.3 Å². The summed E-state index contributed by atoms with van der Waals surface area (Å²) >= 11 is 3.42. The van der Waals surface area contributed by atoms with E-state index in [-0.39, 0.29) is 29.6 Å². The summed E-state index contributed by atoms with van der Waals surface area (Å²) in [7, 11) is 0. The van der Waals surface area contributed by atoms with Crippen molar-refractivity contribution >= 4 is 27.7 Å². The van der Waals surface area contributed by atoms with E-state index >= 15 is 0 Å². The van der Waals surface area contributed by atoms with Crippen LogP contribution in [0.2, 0.25) is 0 Å². The zero-order valence-electron chi connectivity index (χ0n) is 18.8. The summed E-state index contributed by atoms with van der Waals surface area (Å²) in [6.45, 7) is 0. The van der Waals surface area contributed by atoms with Crippen molar-refractivity contribution in [1.82, 2.24) is 10.2 Å². The number of hydrogen-bond donors (Lipinski definition) is 2. The molecule has 1 saturated carbocycles. The summed E-state index contributed by atoms with van der Waals surface area (Å²) in [6, 6.07) is 11.0. The van der Waals surface area contributed by atoms with Gasteiger partial charge >= 0.3 is 0 Å². The van der Waals surface area contributed by atoms with E-state index in [2.05, 4.69) is 21.2 Å². The van der Waals surface area contributed by atoms with E-state index < -0.39 is 29.0 Å². The molecule has 5 rings (SSSR count). The van der Waals surface area contributed by atoms with Crippen molar-refractivity contribution in [1.29, 1.82) is 0 Å². The Morgan fingerprint density at radius 2 is 1.74 bits per heavy atom. The van der Waals surface area contributed by atoms with E-state index in [1.54, 1.807) is 0 Å². The summed E-state index contributed by atoms with van der Waals surface area (Å²) < 4.78 is 29.4. The molecule has 180 valence electrons. The van der Waals surface area contributed by atoms with Gasteiger partial charge in [0.2, 0.25) is 11.8 Å². The van der Waals surface area contributed by atoms with Gasteiger partial charge in [-0.2, -0.15) is 0 Å². The Balaban J connectivity index is 1.41. The normalized spacial score (nSPS) is 25.6. The minimum atomic E-state index is -1.13. The standard InChI is InChI=1S/C26H28BrF2N3O2/c27-16-6-4-15(5-7-16)12-22(24(33)32-18-8-9-19(32)14-17(30)13-18)31-25(34)26(10-11-26)20-2-1-3-21(28)23(20)29/h1-7,17-19,22H,8-14,30H2,(H,31,34)/t17?,18?,19?,22-/m0/s1. The molecule has 0 aromatic heterocycles. The van der Waals surface area contributed by atoms with Crippen molar-refractivity contribution < 1.29 is 18.4 Å². The maximum Gasteiger partial charge on any atom is 0.245 e. The maximum atomic E-state index is 14.6. The van der Waals surface area contributed by atoms with Crippen molar-refractivity contribution in [2.45, 2.75) is 74.5 Å². The summed E-state index contributed by atoms with van der Waals surface area (Å²) in [5, 5.41) is 2.94. The van der Waals surface area contributed by atoms with Gasteiger partial charge in [0.1, 0.15) is 6.04 Å². The Morgan fingerprint density at radius 3 is 2.35 bits per heavy atom. The Kier molecular flexibility index (Phi) is 6.23. The van der Waals surface area contributed by atoms with Crippen molar-refractivity contribution in [2.24, 2.45) is 5.73 Å². The Morgan fingerprint density at radius 1 is 1.09 bits per heavy atom. The average Bonchev–Trinajstić information content (AvgIpc) is 3.56. The van der Waals surface area contributed by atoms with Crippen LogP contribution in [0, 0.1) is 11.6 Å². The molecule has 3 aliphatic rings. The number of amides is 2. The molecule has 2 heterocycles. The van der Waals surface area contributed by atoms with Crippen molar-refractivity contribution in [3.63, 3.8) is 0 Å². The predicted molar refractivity (Wildman–Crippen MR) is 128 cm³/mol. The first kappa shape index (κ1) is 23.4. The summed E-state index contributed by atoms with van der Waals surface area (Å²) in [5.41, 5.74) is 6.03. The number of benzene rings is 2. The van der Waals surface area contributed by atoms with Crippen LogP contribution in [0.1, 0.15) is 49.7 Å². The third-order valence-corrected chi connectivity index (χ3v) is 8.16. The number of nitrogens with two attached hydrogens (primary N) is 1. The first-order valence-corrected chi connectivity index (χ1v) is 12.7. The smallest absolute Gasteiger partial charge is 0.245 e. The van der Waals surface area contributed by atoms with Crippen LogP contribution in [-0.2, 0) is 21.4 Å². The lowest BCUT2D eigenvalue weighted by Crippen LogP contribution is -2.58. The zero-order valence-corrected chi connectivity index (χ0v) is 20.4. The minimum absolute atomic E-state index is 0.0591. The fraction of sp³-hybridized carbons (Fsp3) is 0.462. The molecule has 3 N–H and O–H groups in total. The lowest BCUT2D eigenvalue weighted by molar-refractivity contribution is -0.140. The van der Waals surface area contributed by atoms with Crippen molar-refractivity contribution in [3.05, 3.63) is 69.7 Å². The van der Waals surface area contributed by atoms with E-state index in [1.807, 2.05) is 29.2 Å². The monoisotopic (exact) mass is 531 g/mol. The number of carbonyl (C=O) groups is 2. The number of nitrogens with zero attached hydrogens (tertiary/aromatic N) is 1. The highest BCUT2D eigenvalue weighted by molar-refractivity contribution is 9.10. The van der Waals surface area contributed by atoms with E-state index in [0.29, 0.717) is 19.3 Å². The molecule has 0 spiro atoms. The molecule has 1 aliphatic carbocycles. The molecule has 2 saturated heterocycles. The van der Waals surface area contributed by atoms with Gasteiger partial charge in [0.05, 0.1) is 5.41 Å². The summed E-state index contributed by atoms with van der Waals surface area (Å²) in [5.74, 6) is -2.51. The molecule has 2 aromatic rings. The van der Waals surface area contributed by atoms with Gasteiger partial charge in [0.15, 0.2) is 11.6 Å². The zero-order chi connectivity index (χ0) is 24.0. The van der Waals surface area contributed by atoms with Gasteiger partial charge in [-0.15, -0.1) is 0 Å². The molecule has 0 radical (unpaired) electrons. The Labute approximate surface area is 206 Å². The van der Waals surface area contributed by atoms with E-state index in [9.17, 15) is 18.4 Å². The third kappa shape index (κ3) is 4.26. The molecule has 2 bridgehead atoms. The number of fused-ring (bicyclic) bond motifs is 2. The fourth-order valence-electron chi connectivity index (χ4n) is 5.73. The molecule has 3 fully saturated rings. The predicted octanol–water partition coefficient (Wildman–Crippen LogP) is 3.97. The van der Waals surface area contributed by atoms with Gasteiger partial charge in [-0.25, -0.2) is 8.78 Å². The average molecular weight is 532 g/mol. The summed E-state index contributed by atoms with van der Waals surface area (Å²) in [4.78, 5) is 29.2. The second-order valence-corrected chi connectivity index (χ2v) is 10.8. The SMILES string of the molecule is NC1CC2CCC(C1)N2C(=O)[C@H](Cc1ccc(Br)cc1)NC(=O)C1(c2cccc(F)c2F)CC1. The van der Waals surface area contributed by atoms with Gasteiger partial charge < -0.3 is 16.0 Å². The van der Waals surface area contributed by atoms with Crippen LogP contribution in [0.15, 0.2) is 46.9 Å². The molecular formula is C26H28BrF2N3O2. The minimum Gasteiger partial charge on any atom is -0.343 e. The van der Waals surface area contributed by atoms with Crippen LogP contribution in [0.3, 0.4) is 0 Å². The largest absolute Gasteiger partial charge is 0.343 e. The quantitative estimate of drug-likeness (QED) is 0.592. The van der Waals surface area contributed by atoms with Crippen LogP contribution in [0.5, 0.6) is 0 Å². The third-order valence-electron chi connectivity index (χ3n) is 7.63. The second-order valence-electron chi connectivity index (χ2n) is 9.90. The number of halogens is 3. The Hall–Kier alpha value is -2.32. The van der Waals surface area contributed by atoms with Crippen LogP contribution >= 0.6 is 15.9 Å². The van der Waals surface area contributed by atoms with Gasteiger partial charge in [0, 0.05) is 34.6 Å². The number of carbonyl (C=O) groups excluding carboxylic acids is 2. The van der Waals surface area contributed by atoms with Gasteiger partial charge in [-0.1, -0.05) is 40.2 Å². The topological polar surface area (TPSA) is 75.4 Å². The van der Waals surface area contributed by atoms with Crippen LogP contribution in [0.4, 0.5) is 8.78 Å². The second kappa shape index (κ2) is 9.04. The molecule has 3 atom stereocenters. The highest BCUT2D eigenvalue weighted by Crippen LogP contribution is 2.49. The molecule has 34 heavy (non-hydrogen) atoms. The molecule has 2 aromatic carbocycles. The molecule has 2 amide bonds. The van der Waals surface area contributed by atoms with Crippen molar-refractivity contribution in [2.75, 3.05) is 0 Å². The number of rotatable bonds is 6. The van der Waals surface area contributed by atoms with Crippen molar-refractivity contribution in [3.8, 4) is 0 Å². The molecule has 8 heteroatoms. The Bertz CT molecular complexity index is 1090. The molecule has 2 aliphatic heterocycles. The first-order valence-electron chi connectivity index (χ1n) is 11.9.